The fraction of sp³-hybridized carbons (Fsp3) is 0. The average molecular weight is 376 g/mol. The van der Waals surface area contributed by atoms with E-state index < -0.39 is 39.2 Å². The quantitative estimate of drug-likeness (QED) is 0.368. The van der Waals surface area contributed by atoms with Crippen molar-refractivity contribution >= 4 is 28.6 Å². The summed E-state index contributed by atoms with van der Waals surface area (Å²) in [6.45, 7) is 0. The number of carbonyl (C=O) groups is 2. The van der Waals surface area contributed by atoms with Crippen molar-refractivity contribution in [3.8, 4) is 11.5 Å². The van der Waals surface area contributed by atoms with Crippen LogP contribution in [0.5, 0.6) is 11.5 Å². The van der Waals surface area contributed by atoms with E-state index in [2.05, 4.69) is 5.32 Å². The lowest BCUT2D eigenvalue weighted by Gasteiger charge is -2.22. The van der Waals surface area contributed by atoms with Crippen LogP contribution in [0.1, 0.15) is 31.8 Å². The second kappa shape index (κ2) is 6.20. The van der Waals surface area contributed by atoms with Crippen LogP contribution in [-0.2, 0) is 0 Å². The minimum atomic E-state index is -0.903. The van der Waals surface area contributed by atoms with Crippen molar-refractivity contribution in [2.45, 2.75) is 0 Å². The summed E-state index contributed by atoms with van der Waals surface area (Å²) in [5.74, 6) is -2.71. The van der Waals surface area contributed by atoms with Gasteiger partial charge in [-0.1, -0.05) is 30.3 Å². The van der Waals surface area contributed by atoms with Gasteiger partial charge < -0.3 is 15.5 Å². The van der Waals surface area contributed by atoms with E-state index in [1.54, 1.807) is 30.3 Å². The number of rotatable bonds is 3. The van der Waals surface area contributed by atoms with Gasteiger partial charge in [0.2, 0.25) is 11.6 Å². The number of nitro groups is 1. The Hall–Kier alpha value is -4.20. The number of nitrogens with one attached hydrogen (secondary N) is 1. The van der Waals surface area contributed by atoms with E-state index in [0.29, 0.717) is 5.69 Å². The van der Waals surface area contributed by atoms with Crippen molar-refractivity contribution in [3.05, 3.63) is 87.0 Å². The highest BCUT2D eigenvalue weighted by Crippen LogP contribution is 2.44. The van der Waals surface area contributed by atoms with Gasteiger partial charge in [-0.3, -0.25) is 19.7 Å². The Morgan fingerprint density at radius 2 is 1.54 bits per heavy atom. The van der Waals surface area contributed by atoms with Crippen LogP contribution in [0.15, 0.2) is 54.6 Å². The summed E-state index contributed by atoms with van der Waals surface area (Å²) in [6.07, 6.45) is 0. The molecule has 0 heterocycles. The minimum Gasteiger partial charge on any atom is -0.507 e. The number of nitro benzene ring substituents is 1. The number of para-hydroxylation sites is 1. The molecule has 1 aliphatic rings. The third kappa shape index (κ3) is 2.47. The number of benzene rings is 3. The molecule has 0 saturated carbocycles. The first-order chi connectivity index (χ1) is 13.4. The van der Waals surface area contributed by atoms with Gasteiger partial charge in [0.15, 0.2) is 5.75 Å². The van der Waals surface area contributed by atoms with E-state index in [1.807, 2.05) is 0 Å². The SMILES string of the molecule is O=C1c2c(O)cccc2C(=O)c2c1c(Nc1ccccc1)cc(O)c2[N+](=O)[O-]. The molecule has 8 heteroatoms. The molecule has 0 fully saturated rings. The summed E-state index contributed by atoms with van der Waals surface area (Å²) in [7, 11) is 0. The number of phenols is 2. The van der Waals surface area contributed by atoms with Gasteiger partial charge >= 0.3 is 5.69 Å². The summed E-state index contributed by atoms with van der Waals surface area (Å²) < 4.78 is 0. The summed E-state index contributed by atoms with van der Waals surface area (Å²) in [5, 5.41) is 34.7. The van der Waals surface area contributed by atoms with Crippen LogP contribution in [0, 0.1) is 10.1 Å². The number of anilines is 2. The fourth-order valence-corrected chi connectivity index (χ4v) is 3.30. The Kier molecular flexibility index (Phi) is 3.82. The number of nitrogens with zero attached hydrogens (tertiary/aromatic N) is 1. The maximum absolute atomic E-state index is 13.1. The molecule has 8 nitrogen and oxygen atoms in total. The van der Waals surface area contributed by atoms with Gasteiger partial charge in [0.25, 0.3) is 0 Å². The highest BCUT2D eigenvalue weighted by Gasteiger charge is 2.41. The van der Waals surface area contributed by atoms with Crippen molar-refractivity contribution < 1.29 is 24.7 Å². The van der Waals surface area contributed by atoms with Crippen LogP contribution in [0.25, 0.3) is 0 Å². The summed E-state index contributed by atoms with van der Waals surface area (Å²) >= 11 is 0. The van der Waals surface area contributed by atoms with Crippen molar-refractivity contribution in [1.82, 2.24) is 0 Å². The Labute approximate surface area is 157 Å². The molecule has 0 radical (unpaired) electrons. The van der Waals surface area contributed by atoms with Crippen LogP contribution in [0.2, 0.25) is 0 Å². The van der Waals surface area contributed by atoms with Gasteiger partial charge in [-0.2, -0.15) is 0 Å². The molecular weight excluding hydrogens is 364 g/mol. The van der Waals surface area contributed by atoms with Crippen LogP contribution in [0.3, 0.4) is 0 Å². The highest BCUT2D eigenvalue weighted by molar-refractivity contribution is 6.32. The van der Waals surface area contributed by atoms with Gasteiger partial charge in [-0.15, -0.1) is 0 Å². The normalized spacial score (nSPS) is 12.3. The second-order valence-electron chi connectivity index (χ2n) is 6.15. The molecule has 0 aromatic heterocycles. The first kappa shape index (κ1) is 17.2. The zero-order valence-electron chi connectivity index (χ0n) is 14.2. The lowest BCUT2D eigenvalue weighted by Crippen LogP contribution is -2.23. The zero-order chi connectivity index (χ0) is 20.0. The van der Waals surface area contributed by atoms with Gasteiger partial charge in [0.05, 0.1) is 21.7 Å². The van der Waals surface area contributed by atoms with E-state index in [-0.39, 0.29) is 22.4 Å². The van der Waals surface area contributed by atoms with E-state index in [4.69, 9.17) is 0 Å². The smallest absolute Gasteiger partial charge is 0.322 e. The van der Waals surface area contributed by atoms with Gasteiger partial charge in [-0.25, -0.2) is 0 Å². The molecule has 1 aliphatic carbocycles. The Morgan fingerprint density at radius 1 is 0.821 bits per heavy atom. The first-order valence-corrected chi connectivity index (χ1v) is 8.18. The molecule has 28 heavy (non-hydrogen) atoms. The lowest BCUT2D eigenvalue weighted by molar-refractivity contribution is -0.386. The minimum absolute atomic E-state index is 0.0246. The molecule has 0 amide bonds. The first-order valence-electron chi connectivity index (χ1n) is 8.18. The molecule has 3 aromatic carbocycles. The third-order valence-electron chi connectivity index (χ3n) is 4.48. The fourth-order valence-electron chi connectivity index (χ4n) is 3.30. The topological polar surface area (TPSA) is 130 Å². The van der Waals surface area contributed by atoms with Crippen LogP contribution >= 0.6 is 0 Å². The third-order valence-corrected chi connectivity index (χ3v) is 4.48. The predicted molar refractivity (Wildman–Crippen MR) is 99.5 cm³/mol. The predicted octanol–water partition coefficient (Wildman–Crippen LogP) is 3.53. The molecule has 0 unspecified atom stereocenters. The Bertz CT molecular complexity index is 1170. The Morgan fingerprint density at radius 3 is 2.21 bits per heavy atom. The molecule has 3 aromatic rings. The van der Waals surface area contributed by atoms with Crippen LogP contribution in [0.4, 0.5) is 17.1 Å². The number of carbonyl (C=O) groups excluding carboxylic acids is 2. The molecule has 4 rings (SSSR count). The number of phenolic OH excluding ortho intramolecular Hbond substituents is 2. The van der Waals surface area contributed by atoms with E-state index in [0.717, 1.165) is 6.07 Å². The van der Waals surface area contributed by atoms with E-state index in [1.165, 1.54) is 18.2 Å². The van der Waals surface area contributed by atoms with E-state index >= 15 is 0 Å². The maximum atomic E-state index is 13.1. The summed E-state index contributed by atoms with van der Waals surface area (Å²) in [4.78, 5) is 36.7. The highest BCUT2D eigenvalue weighted by atomic mass is 16.6. The molecule has 0 aliphatic heterocycles. The van der Waals surface area contributed by atoms with Crippen LogP contribution < -0.4 is 5.32 Å². The molecule has 0 spiro atoms. The zero-order valence-corrected chi connectivity index (χ0v) is 14.2. The molecule has 3 N–H and O–H groups in total. The standard InChI is InChI=1S/C20H12N2O6/c23-13-8-4-7-11-15(13)20(26)16-12(21-10-5-2-1-3-6-10)9-14(24)18(22(27)28)17(16)19(11)25/h1-9,21,23-24H. The van der Waals surface area contributed by atoms with Gasteiger partial charge in [-0.05, 0) is 18.2 Å². The van der Waals surface area contributed by atoms with Gasteiger partial charge in [0, 0.05) is 17.3 Å². The second-order valence-corrected chi connectivity index (χ2v) is 6.15. The van der Waals surface area contributed by atoms with Crippen molar-refractivity contribution in [2.24, 2.45) is 0 Å². The molecule has 0 saturated heterocycles. The maximum Gasteiger partial charge on any atom is 0.322 e. The number of ketones is 2. The summed E-state index contributed by atoms with van der Waals surface area (Å²) in [5.41, 5.74) is -1.44. The molecule has 0 atom stereocenters. The molecular formula is C20H12N2O6. The average Bonchev–Trinajstić information content (AvgIpc) is 2.66. The van der Waals surface area contributed by atoms with Crippen LogP contribution in [-0.4, -0.2) is 26.7 Å². The van der Waals surface area contributed by atoms with Crippen molar-refractivity contribution in [3.63, 3.8) is 0 Å². The van der Waals surface area contributed by atoms with Gasteiger partial charge in [0.1, 0.15) is 11.3 Å². The largest absolute Gasteiger partial charge is 0.507 e. The lowest BCUT2D eigenvalue weighted by atomic mass is 9.81. The molecule has 138 valence electrons. The monoisotopic (exact) mass is 376 g/mol. The summed E-state index contributed by atoms with van der Waals surface area (Å²) in [6, 6.07) is 13.6. The molecule has 0 bridgehead atoms. The number of aromatic hydroxyl groups is 2. The number of hydrogen-bond acceptors (Lipinski definition) is 7. The Balaban J connectivity index is 2.04. The number of fused-ring (bicyclic) bond motifs is 2. The van der Waals surface area contributed by atoms with E-state index in [9.17, 15) is 29.9 Å². The van der Waals surface area contributed by atoms with Crippen molar-refractivity contribution in [2.75, 3.05) is 5.32 Å². The van der Waals surface area contributed by atoms with Crippen molar-refractivity contribution in [1.29, 1.82) is 0 Å². The number of hydrogen-bond donors (Lipinski definition) is 3.